The van der Waals surface area contributed by atoms with Crippen LogP contribution in [-0.2, 0) is 11.8 Å². The SMILES string of the molecule is Cc1ccc2nc(NC(=O)CSc3nnc(-c4cccs4)n3C)sc2c1. The third kappa shape index (κ3) is 3.50. The minimum Gasteiger partial charge on any atom is -0.304 e. The fraction of sp³-hybridized carbons (Fsp3) is 0.176. The molecule has 0 saturated heterocycles. The normalized spacial score (nSPS) is 11.2. The molecular formula is C17H15N5OS3. The van der Waals surface area contributed by atoms with Crippen molar-refractivity contribution in [3.05, 3.63) is 41.3 Å². The molecule has 0 bridgehead atoms. The van der Waals surface area contributed by atoms with Crippen molar-refractivity contribution < 1.29 is 4.79 Å². The van der Waals surface area contributed by atoms with Crippen LogP contribution in [0.15, 0.2) is 40.9 Å². The lowest BCUT2D eigenvalue weighted by molar-refractivity contribution is -0.113. The van der Waals surface area contributed by atoms with Crippen LogP contribution in [0.1, 0.15) is 5.56 Å². The van der Waals surface area contributed by atoms with Gasteiger partial charge in [0.15, 0.2) is 16.1 Å². The van der Waals surface area contributed by atoms with E-state index in [2.05, 4.69) is 26.6 Å². The van der Waals surface area contributed by atoms with E-state index in [4.69, 9.17) is 0 Å². The van der Waals surface area contributed by atoms with Gasteiger partial charge >= 0.3 is 0 Å². The second-order valence-electron chi connectivity index (χ2n) is 5.67. The summed E-state index contributed by atoms with van der Waals surface area (Å²) in [5.41, 5.74) is 2.08. The van der Waals surface area contributed by atoms with Crippen LogP contribution in [0.3, 0.4) is 0 Å². The first-order chi connectivity index (χ1) is 12.6. The standard InChI is InChI=1S/C17H15N5OS3/c1-10-5-6-11-13(8-10)26-16(18-11)19-14(23)9-25-17-21-20-15(22(17)2)12-4-3-7-24-12/h3-8H,9H2,1-2H3,(H,18,19,23). The Bertz CT molecular complexity index is 1070. The van der Waals surface area contributed by atoms with E-state index >= 15 is 0 Å². The lowest BCUT2D eigenvalue weighted by Crippen LogP contribution is -2.14. The zero-order valence-electron chi connectivity index (χ0n) is 14.1. The maximum absolute atomic E-state index is 12.3. The summed E-state index contributed by atoms with van der Waals surface area (Å²) in [4.78, 5) is 17.8. The summed E-state index contributed by atoms with van der Waals surface area (Å²) in [7, 11) is 1.91. The van der Waals surface area contributed by atoms with Crippen LogP contribution < -0.4 is 5.32 Å². The predicted molar refractivity (Wildman–Crippen MR) is 108 cm³/mol. The van der Waals surface area contributed by atoms with Crippen LogP contribution in [0.5, 0.6) is 0 Å². The fourth-order valence-corrected chi connectivity index (χ4v) is 4.87. The maximum Gasteiger partial charge on any atom is 0.236 e. The lowest BCUT2D eigenvalue weighted by atomic mass is 10.2. The first-order valence-electron chi connectivity index (χ1n) is 7.83. The number of thiazole rings is 1. The lowest BCUT2D eigenvalue weighted by Gasteiger charge is -2.02. The Balaban J connectivity index is 1.41. The molecule has 0 spiro atoms. The van der Waals surface area contributed by atoms with Crippen LogP contribution in [0.2, 0.25) is 0 Å². The summed E-state index contributed by atoms with van der Waals surface area (Å²) < 4.78 is 2.98. The van der Waals surface area contributed by atoms with Gasteiger partial charge in [0.1, 0.15) is 0 Å². The van der Waals surface area contributed by atoms with Gasteiger partial charge in [-0.1, -0.05) is 35.2 Å². The zero-order chi connectivity index (χ0) is 18.1. The Kier molecular flexibility index (Phi) is 4.75. The third-order valence-corrected chi connectivity index (χ3v) is 6.52. The van der Waals surface area contributed by atoms with Gasteiger partial charge in [-0.25, -0.2) is 4.98 Å². The molecule has 1 amide bonds. The van der Waals surface area contributed by atoms with Gasteiger partial charge in [-0.2, -0.15) is 0 Å². The molecule has 132 valence electrons. The number of nitrogens with one attached hydrogen (secondary N) is 1. The van der Waals surface area contributed by atoms with Crippen molar-refractivity contribution in [3.8, 4) is 10.7 Å². The molecule has 4 rings (SSSR count). The number of fused-ring (bicyclic) bond motifs is 1. The number of hydrogen-bond donors (Lipinski definition) is 1. The molecule has 4 aromatic rings. The Labute approximate surface area is 162 Å². The van der Waals surface area contributed by atoms with Gasteiger partial charge in [0, 0.05) is 7.05 Å². The largest absolute Gasteiger partial charge is 0.304 e. The van der Waals surface area contributed by atoms with Crippen LogP contribution in [0.4, 0.5) is 5.13 Å². The minimum atomic E-state index is -0.105. The number of aryl methyl sites for hydroxylation is 1. The van der Waals surface area contributed by atoms with Crippen LogP contribution in [0, 0.1) is 6.92 Å². The van der Waals surface area contributed by atoms with Crippen molar-refractivity contribution in [3.63, 3.8) is 0 Å². The van der Waals surface area contributed by atoms with E-state index in [9.17, 15) is 4.79 Å². The number of carbonyl (C=O) groups is 1. The van der Waals surface area contributed by atoms with Crippen molar-refractivity contribution in [2.24, 2.45) is 7.05 Å². The Morgan fingerprint density at radius 1 is 1.31 bits per heavy atom. The number of thioether (sulfide) groups is 1. The monoisotopic (exact) mass is 401 g/mol. The van der Waals surface area contributed by atoms with Gasteiger partial charge in [0.05, 0.1) is 20.8 Å². The van der Waals surface area contributed by atoms with E-state index in [0.717, 1.165) is 20.9 Å². The van der Waals surface area contributed by atoms with Gasteiger partial charge in [0.25, 0.3) is 0 Å². The molecule has 0 atom stereocenters. The zero-order valence-corrected chi connectivity index (χ0v) is 16.5. The molecule has 0 aliphatic heterocycles. The summed E-state index contributed by atoms with van der Waals surface area (Å²) in [6, 6.07) is 10.0. The van der Waals surface area contributed by atoms with E-state index in [1.54, 1.807) is 11.3 Å². The van der Waals surface area contributed by atoms with Gasteiger partial charge in [0.2, 0.25) is 5.91 Å². The van der Waals surface area contributed by atoms with E-state index in [1.165, 1.54) is 28.7 Å². The minimum absolute atomic E-state index is 0.105. The number of thiophene rings is 1. The topological polar surface area (TPSA) is 72.7 Å². The third-order valence-electron chi connectivity index (χ3n) is 3.70. The number of benzene rings is 1. The summed E-state index contributed by atoms with van der Waals surface area (Å²) >= 11 is 4.46. The molecule has 1 aromatic carbocycles. The maximum atomic E-state index is 12.3. The number of amides is 1. The van der Waals surface area contributed by atoms with Gasteiger partial charge in [-0.3, -0.25) is 4.79 Å². The summed E-state index contributed by atoms with van der Waals surface area (Å²) in [5.74, 6) is 0.960. The van der Waals surface area contributed by atoms with Gasteiger partial charge in [-0.05, 0) is 36.1 Å². The predicted octanol–water partition coefficient (Wildman–Crippen LogP) is 4.19. The molecule has 9 heteroatoms. The molecule has 0 unspecified atom stereocenters. The average molecular weight is 402 g/mol. The average Bonchev–Trinajstić information content (AvgIpc) is 3.32. The van der Waals surface area contributed by atoms with E-state index in [-0.39, 0.29) is 11.7 Å². The molecule has 0 aliphatic carbocycles. The number of nitrogens with zero attached hydrogens (tertiary/aromatic N) is 4. The van der Waals surface area contributed by atoms with E-state index in [1.807, 2.05) is 48.2 Å². The molecule has 0 radical (unpaired) electrons. The first-order valence-corrected chi connectivity index (χ1v) is 10.5. The second kappa shape index (κ2) is 7.18. The summed E-state index contributed by atoms with van der Waals surface area (Å²) in [5, 5.41) is 14.6. The van der Waals surface area contributed by atoms with Gasteiger partial charge < -0.3 is 9.88 Å². The highest BCUT2D eigenvalue weighted by Gasteiger charge is 2.14. The highest BCUT2D eigenvalue weighted by Crippen LogP contribution is 2.28. The summed E-state index contributed by atoms with van der Waals surface area (Å²) in [6.07, 6.45) is 0. The Hall–Kier alpha value is -2.23. The first kappa shape index (κ1) is 17.2. The summed E-state index contributed by atoms with van der Waals surface area (Å²) in [6.45, 7) is 2.04. The number of carbonyl (C=O) groups excluding carboxylic acids is 1. The molecule has 0 fully saturated rings. The molecule has 6 nitrogen and oxygen atoms in total. The number of anilines is 1. The van der Waals surface area contributed by atoms with Crippen molar-refractivity contribution in [2.45, 2.75) is 12.1 Å². The van der Waals surface area contributed by atoms with E-state index < -0.39 is 0 Å². The molecule has 3 aromatic heterocycles. The highest BCUT2D eigenvalue weighted by atomic mass is 32.2. The smallest absolute Gasteiger partial charge is 0.236 e. The van der Waals surface area contributed by atoms with E-state index in [0.29, 0.717) is 10.3 Å². The highest BCUT2D eigenvalue weighted by molar-refractivity contribution is 7.99. The van der Waals surface area contributed by atoms with Crippen molar-refractivity contribution in [1.82, 2.24) is 19.7 Å². The fourth-order valence-electron chi connectivity index (χ4n) is 2.43. The molecule has 26 heavy (non-hydrogen) atoms. The molecule has 3 heterocycles. The van der Waals surface area contributed by atoms with Crippen LogP contribution in [0.25, 0.3) is 20.9 Å². The quantitative estimate of drug-likeness (QED) is 0.508. The molecular weight excluding hydrogens is 386 g/mol. The molecule has 0 saturated carbocycles. The second-order valence-corrected chi connectivity index (χ2v) is 8.59. The molecule has 1 N–H and O–H groups in total. The number of hydrogen-bond acceptors (Lipinski definition) is 7. The Morgan fingerprint density at radius 3 is 3.00 bits per heavy atom. The van der Waals surface area contributed by atoms with Crippen LogP contribution in [-0.4, -0.2) is 31.4 Å². The number of aromatic nitrogens is 4. The van der Waals surface area contributed by atoms with Crippen molar-refractivity contribution in [2.75, 3.05) is 11.1 Å². The van der Waals surface area contributed by atoms with Gasteiger partial charge in [-0.15, -0.1) is 21.5 Å². The molecule has 0 aliphatic rings. The van der Waals surface area contributed by atoms with Crippen molar-refractivity contribution in [1.29, 1.82) is 0 Å². The van der Waals surface area contributed by atoms with Crippen molar-refractivity contribution >= 4 is 55.7 Å². The number of rotatable bonds is 5. The van der Waals surface area contributed by atoms with Crippen LogP contribution >= 0.6 is 34.4 Å². The Morgan fingerprint density at radius 2 is 2.19 bits per heavy atom.